The van der Waals surface area contributed by atoms with Crippen molar-refractivity contribution in [2.45, 2.75) is 97.0 Å². The highest BCUT2D eigenvalue weighted by atomic mass is 28.4. The molecule has 132 valence electrons. The van der Waals surface area contributed by atoms with E-state index < -0.39 is 14.4 Å². The van der Waals surface area contributed by atoms with Crippen molar-refractivity contribution in [1.82, 2.24) is 5.32 Å². The first kappa shape index (κ1) is 21.6. The van der Waals surface area contributed by atoms with Gasteiger partial charge in [0.05, 0.1) is 18.8 Å². The number of rotatable bonds is 10. The van der Waals surface area contributed by atoms with Crippen LogP contribution in [0.2, 0.25) is 18.1 Å². The number of unbranched alkanes of at least 4 members (excludes halogenated alkanes) is 3. The Morgan fingerprint density at radius 3 is 2.27 bits per heavy atom. The van der Waals surface area contributed by atoms with Crippen molar-refractivity contribution in [3.8, 4) is 0 Å². The van der Waals surface area contributed by atoms with Gasteiger partial charge >= 0.3 is 0 Å². The molecular formula is C17H37NO3Si. The number of nitrogens with one attached hydrogen (secondary N) is 1. The van der Waals surface area contributed by atoms with Crippen LogP contribution in [0, 0.1) is 0 Å². The molecule has 22 heavy (non-hydrogen) atoms. The molecule has 0 heterocycles. The molecule has 0 radical (unpaired) electrons. The maximum atomic E-state index is 12.0. The van der Waals surface area contributed by atoms with Crippen LogP contribution in [-0.4, -0.2) is 38.1 Å². The van der Waals surface area contributed by atoms with E-state index in [1.807, 2.05) is 0 Å². The van der Waals surface area contributed by atoms with Crippen molar-refractivity contribution >= 4 is 14.2 Å². The van der Waals surface area contributed by atoms with Crippen LogP contribution in [0.4, 0.5) is 0 Å². The second-order valence-electron chi connectivity index (χ2n) is 7.80. The fraction of sp³-hybridized carbons (Fsp3) is 0.941. The maximum absolute atomic E-state index is 12.0. The number of hydrogen-bond donors (Lipinski definition) is 2. The van der Waals surface area contributed by atoms with Crippen molar-refractivity contribution in [2.75, 3.05) is 6.61 Å². The minimum atomic E-state index is -1.86. The van der Waals surface area contributed by atoms with Crippen molar-refractivity contribution in [2.24, 2.45) is 0 Å². The van der Waals surface area contributed by atoms with Crippen LogP contribution >= 0.6 is 0 Å². The maximum Gasteiger partial charge on any atom is 0.220 e. The summed E-state index contributed by atoms with van der Waals surface area (Å²) in [5, 5.41) is 12.9. The fourth-order valence-corrected chi connectivity index (χ4v) is 2.84. The lowest BCUT2D eigenvalue weighted by molar-refractivity contribution is -0.123. The monoisotopic (exact) mass is 331 g/mol. The molecule has 2 atom stereocenters. The Hall–Kier alpha value is -0.393. The molecule has 0 saturated heterocycles. The number of aliphatic hydroxyl groups excluding tert-OH is 1. The summed E-state index contributed by atoms with van der Waals surface area (Å²) in [5.74, 6) is 0.0147. The van der Waals surface area contributed by atoms with E-state index in [1.165, 1.54) is 6.42 Å². The summed E-state index contributed by atoms with van der Waals surface area (Å²) >= 11 is 0. The minimum Gasteiger partial charge on any atom is -0.415 e. The Kier molecular flexibility index (Phi) is 9.51. The van der Waals surface area contributed by atoms with E-state index in [4.69, 9.17) is 4.43 Å². The average Bonchev–Trinajstić information content (AvgIpc) is 2.38. The zero-order valence-electron chi connectivity index (χ0n) is 15.7. The topological polar surface area (TPSA) is 58.6 Å². The van der Waals surface area contributed by atoms with Gasteiger partial charge in [-0.25, -0.2) is 0 Å². The number of hydrogen-bond acceptors (Lipinski definition) is 3. The van der Waals surface area contributed by atoms with E-state index in [0.29, 0.717) is 13.0 Å². The lowest BCUT2D eigenvalue weighted by atomic mass is 10.1. The highest BCUT2D eigenvalue weighted by Gasteiger charge is 2.38. The van der Waals surface area contributed by atoms with Crippen LogP contribution in [0.1, 0.15) is 66.7 Å². The van der Waals surface area contributed by atoms with Crippen molar-refractivity contribution in [3.63, 3.8) is 0 Å². The van der Waals surface area contributed by atoms with Crippen molar-refractivity contribution < 1.29 is 14.3 Å². The van der Waals surface area contributed by atoms with Gasteiger partial charge < -0.3 is 14.8 Å². The molecule has 0 saturated carbocycles. The van der Waals surface area contributed by atoms with Gasteiger partial charge in [0.2, 0.25) is 5.91 Å². The lowest BCUT2D eigenvalue weighted by Crippen LogP contribution is -2.50. The molecule has 0 aromatic rings. The van der Waals surface area contributed by atoms with E-state index in [1.54, 1.807) is 6.92 Å². The molecule has 0 aliphatic heterocycles. The van der Waals surface area contributed by atoms with Crippen molar-refractivity contribution in [3.05, 3.63) is 0 Å². The van der Waals surface area contributed by atoms with Crippen LogP contribution < -0.4 is 5.32 Å². The second kappa shape index (κ2) is 9.68. The van der Waals surface area contributed by atoms with Gasteiger partial charge in [-0.1, -0.05) is 47.0 Å². The van der Waals surface area contributed by atoms with Gasteiger partial charge in [0.15, 0.2) is 8.32 Å². The van der Waals surface area contributed by atoms with Gasteiger partial charge in [0, 0.05) is 6.42 Å². The standard InChI is InChI=1S/C17H37NO3Si/c1-8-9-10-11-12-16(20)18-15(14(2)19)13-21-22(6,7)17(3,4)5/h14-15,19H,8-13H2,1-7H3,(H,18,20)/t14-,15-/m0/s1. The Balaban J connectivity index is 4.35. The molecule has 2 N–H and O–H groups in total. The Bertz CT molecular complexity index is 324. The molecule has 0 rings (SSSR count). The number of carbonyl (C=O) groups is 1. The first-order valence-corrected chi connectivity index (χ1v) is 11.5. The van der Waals surface area contributed by atoms with E-state index in [2.05, 4.69) is 46.1 Å². The number of amides is 1. The van der Waals surface area contributed by atoms with Crippen molar-refractivity contribution in [1.29, 1.82) is 0 Å². The Morgan fingerprint density at radius 1 is 1.23 bits per heavy atom. The molecule has 0 bridgehead atoms. The van der Waals surface area contributed by atoms with Gasteiger partial charge in [0.25, 0.3) is 0 Å². The van der Waals surface area contributed by atoms with Gasteiger partial charge in [0.1, 0.15) is 0 Å². The highest BCUT2D eigenvalue weighted by molar-refractivity contribution is 6.74. The van der Waals surface area contributed by atoms with E-state index >= 15 is 0 Å². The van der Waals surface area contributed by atoms with Crippen LogP contribution in [0.15, 0.2) is 0 Å². The predicted molar refractivity (Wildman–Crippen MR) is 95.5 cm³/mol. The molecule has 0 aliphatic rings. The van der Waals surface area contributed by atoms with Gasteiger partial charge in [-0.2, -0.15) is 0 Å². The quantitative estimate of drug-likeness (QED) is 0.472. The molecule has 0 unspecified atom stereocenters. The third-order valence-electron chi connectivity index (χ3n) is 4.62. The van der Waals surface area contributed by atoms with Gasteiger partial charge in [-0.15, -0.1) is 0 Å². The summed E-state index contributed by atoms with van der Waals surface area (Å²) in [6.07, 6.45) is 4.26. The van der Waals surface area contributed by atoms with Crippen LogP contribution in [0.3, 0.4) is 0 Å². The van der Waals surface area contributed by atoms with Crippen LogP contribution in [0.5, 0.6) is 0 Å². The van der Waals surface area contributed by atoms with E-state index in [-0.39, 0.29) is 17.0 Å². The first-order valence-electron chi connectivity index (χ1n) is 8.62. The molecule has 0 aromatic heterocycles. The molecule has 0 spiro atoms. The summed E-state index contributed by atoms with van der Waals surface area (Å²) < 4.78 is 6.13. The Labute approximate surface area is 138 Å². The average molecular weight is 332 g/mol. The molecule has 4 nitrogen and oxygen atoms in total. The largest absolute Gasteiger partial charge is 0.415 e. The molecule has 1 amide bonds. The summed E-state index contributed by atoms with van der Waals surface area (Å²) in [5.41, 5.74) is 0. The number of aliphatic hydroxyl groups is 1. The molecule has 0 aromatic carbocycles. The van der Waals surface area contributed by atoms with Gasteiger partial charge in [-0.05, 0) is 31.5 Å². The summed E-state index contributed by atoms with van der Waals surface area (Å²) in [7, 11) is -1.86. The normalized spacial score (nSPS) is 15.5. The third-order valence-corrected chi connectivity index (χ3v) is 9.12. The molecule has 5 heteroatoms. The summed E-state index contributed by atoms with van der Waals surface area (Å²) in [4.78, 5) is 12.0. The Morgan fingerprint density at radius 2 is 1.82 bits per heavy atom. The molecular weight excluding hydrogens is 294 g/mol. The van der Waals surface area contributed by atoms with Crippen LogP contribution in [-0.2, 0) is 9.22 Å². The first-order chi connectivity index (χ1) is 10.0. The van der Waals surface area contributed by atoms with Gasteiger partial charge in [-0.3, -0.25) is 4.79 Å². The zero-order valence-corrected chi connectivity index (χ0v) is 16.7. The summed E-state index contributed by atoms with van der Waals surface area (Å²) in [6, 6.07) is -0.326. The lowest BCUT2D eigenvalue weighted by Gasteiger charge is -2.37. The fourth-order valence-electron chi connectivity index (χ4n) is 1.81. The number of carbonyl (C=O) groups excluding carboxylic acids is 1. The molecule has 0 aliphatic carbocycles. The van der Waals surface area contributed by atoms with Crippen LogP contribution in [0.25, 0.3) is 0 Å². The zero-order chi connectivity index (χ0) is 17.4. The minimum absolute atomic E-state index is 0.0147. The second-order valence-corrected chi connectivity index (χ2v) is 12.6. The third kappa shape index (κ3) is 8.29. The molecule has 0 fully saturated rings. The smallest absolute Gasteiger partial charge is 0.220 e. The predicted octanol–water partition coefficient (Wildman–Crippen LogP) is 3.84. The van der Waals surface area contributed by atoms with E-state index in [0.717, 1.165) is 19.3 Å². The SMILES string of the molecule is CCCCCCC(=O)N[C@@H](CO[Si](C)(C)C(C)(C)C)[C@H](C)O. The highest BCUT2D eigenvalue weighted by Crippen LogP contribution is 2.36. The van der Waals surface area contributed by atoms with E-state index in [9.17, 15) is 9.90 Å². The summed E-state index contributed by atoms with van der Waals surface area (Å²) in [6.45, 7) is 15.2.